The Hall–Kier alpha value is -4.07. The first-order valence-corrected chi connectivity index (χ1v) is 10.1. The van der Waals surface area contributed by atoms with Crippen molar-refractivity contribution in [1.82, 2.24) is 15.3 Å². The molecule has 0 radical (unpaired) electrons. The summed E-state index contributed by atoms with van der Waals surface area (Å²) in [5.41, 5.74) is 2.50. The van der Waals surface area contributed by atoms with Crippen molar-refractivity contribution in [2.45, 2.75) is 13.3 Å². The number of aryl methyl sites for hydroxylation is 1. The predicted octanol–water partition coefficient (Wildman–Crippen LogP) is 2.88. The number of aromatic amines is 2. The summed E-state index contributed by atoms with van der Waals surface area (Å²) in [7, 11) is 3.07. The van der Waals surface area contributed by atoms with Crippen LogP contribution in [0.4, 0.5) is 0 Å². The molecule has 0 saturated carbocycles. The van der Waals surface area contributed by atoms with Gasteiger partial charge >= 0.3 is 0 Å². The van der Waals surface area contributed by atoms with E-state index in [1.165, 1.54) is 7.11 Å². The second kappa shape index (κ2) is 8.58. The van der Waals surface area contributed by atoms with Gasteiger partial charge in [0.25, 0.3) is 17.2 Å². The van der Waals surface area contributed by atoms with Gasteiger partial charge in [0.15, 0.2) is 0 Å². The van der Waals surface area contributed by atoms with Gasteiger partial charge < -0.3 is 24.8 Å². The number of carbonyl (C=O) groups excluding carboxylic acids is 2. The first-order chi connectivity index (χ1) is 15.4. The number of pyridine rings is 1. The Morgan fingerprint density at radius 1 is 0.969 bits per heavy atom. The number of Topliss-reactive ketones (excluding diaryl/α,β-unsaturated/α-hetero) is 1. The maximum atomic E-state index is 12.7. The predicted molar refractivity (Wildman–Crippen MR) is 122 cm³/mol. The van der Waals surface area contributed by atoms with Gasteiger partial charge in [-0.3, -0.25) is 14.4 Å². The number of benzene rings is 2. The number of ketones is 1. The first-order valence-electron chi connectivity index (χ1n) is 10.1. The molecule has 0 aliphatic rings. The van der Waals surface area contributed by atoms with Crippen LogP contribution in [0.25, 0.3) is 21.8 Å². The largest absolute Gasteiger partial charge is 0.496 e. The minimum atomic E-state index is -0.714. The van der Waals surface area contributed by atoms with Gasteiger partial charge in [0.1, 0.15) is 11.5 Å². The van der Waals surface area contributed by atoms with Crippen molar-refractivity contribution < 1.29 is 19.1 Å². The number of ether oxygens (including phenoxy) is 2. The van der Waals surface area contributed by atoms with Gasteiger partial charge in [0.05, 0.1) is 25.3 Å². The Morgan fingerprint density at radius 3 is 2.44 bits per heavy atom. The van der Waals surface area contributed by atoms with Crippen molar-refractivity contribution in [2.75, 3.05) is 20.8 Å². The van der Waals surface area contributed by atoms with Crippen molar-refractivity contribution >= 4 is 33.5 Å². The number of para-hydroxylation sites is 1. The average Bonchev–Trinajstić information content (AvgIpc) is 3.13. The van der Waals surface area contributed by atoms with Crippen LogP contribution in [0, 0.1) is 6.92 Å². The molecule has 2 aromatic heterocycles. The lowest BCUT2D eigenvalue weighted by Crippen LogP contribution is -2.33. The van der Waals surface area contributed by atoms with Gasteiger partial charge in [0, 0.05) is 34.1 Å². The molecule has 8 heteroatoms. The number of hydrogen-bond acceptors (Lipinski definition) is 5. The first kappa shape index (κ1) is 21.2. The molecule has 0 atom stereocenters. The topological polar surface area (TPSA) is 113 Å². The van der Waals surface area contributed by atoms with Gasteiger partial charge in [-0.15, -0.1) is 0 Å². The third-order valence-electron chi connectivity index (χ3n) is 5.46. The Bertz CT molecular complexity index is 1400. The highest BCUT2D eigenvalue weighted by atomic mass is 16.5. The summed E-state index contributed by atoms with van der Waals surface area (Å²) in [6.45, 7) is 1.89. The summed E-state index contributed by atoms with van der Waals surface area (Å²) in [6, 6.07) is 12.5. The lowest BCUT2D eigenvalue weighted by molar-refractivity contribution is -0.116. The maximum Gasteiger partial charge on any atom is 0.292 e. The molecular formula is C24H23N3O5. The molecule has 2 aromatic carbocycles. The zero-order chi connectivity index (χ0) is 22.8. The van der Waals surface area contributed by atoms with Crippen molar-refractivity contribution in [2.24, 2.45) is 0 Å². The molecule has 0 fully saturated rings. The number of H-pyrrole nitrogens is 2. The van der Waals surface area contributed by atoms with Gasteiger partial charge in [-0.2, -0.15) is 0 Å². The molecule has 0 unspecified atom stereocenters. The van der Waals surface area contributed by atoms with Crippen LogP contribution < -0.4 is 20.3 Å². The number of rotatable bonds is 7. The summed E-state index contributed by atoms with van der Waals surface area (Å²) >= 11 is 0. The van der Waals surface area contributed by atoms with E-state index in [2.05, 4.69) is 15.3 Å². The fraction of sp³-hybridized carbons (Fsp3) is 0.208. The van der Waals surface area contributed by atoms with E-state index in [0.717, 1.165) is 5.52 Å². The molecular weight excluding hydrogens is 410 g/mol. The summed E-state index contributed by atoms with van der Waals surface area (Å²) in [5.74, 6) is -0.210. The zero-order valence-electron chi connectivity index (χ0n) is 18.0. The molecule has 32 heavy (non-hydrogen) atoms. The highest BCUT2D eigenvalue weighted by molar-refractivity contribution is 6.45. The number of aromatic nitrogens is 2. The summed E-state index contributed by atoms with van der Waals surface area (Å²) < 4.78 is 10.7. The third kappa shape index (κ3) is 3.71. The van der Waals surface area contributed by atoms with Crippen LogP contribution >= 0.6 is 0 Å². The summed E-state index contributed by atoms with van der Waals surface area (Å²) in [6.07, 6.45) is 0.248. The van der Waals surface area contributed by atoms with E-state index in [0.29, 0.717) is 44.6 Å². The second-order valence-corrected chi connectivity index (χ2v) is 7.39. The minimum Gasteiger partial charge on any atom is -0.496 e. The molecule has 0 saturated heterocycles. The van der Waals surface area contributed by atoms with Crippen LogP contribution in [-0.4, -0.2) is 42.4 Å². The van der Waals surface area contributed by atoms with Crippen molar-refractivity contribution in [3.05, 3.63) is 69.6 Å². The molecule has 0 bridgehead atoms. The molecule has 3 N–H and O–H groups in total. The van der Waals surface area contributed by atoms with E-state index in [9.17, 15) is 14.4 Å². The highest BCUT2D eigenvalue weighted by Crippen LogP contribution is 2.31. The Morgan fingerprint density at radius 2 is 1.69 bits per heavy atom. The Kier molecular flexibility index (Phi) is 5.68. The number of amides is 1. The Labute approximate surface area is 183 Å². The van der Waals surface area contributed by atoms with E-state index < -0.39 is 11.7 Å². The smallest absolute Gasteiger partial charge is 0.292 e. The van der Waals surface area contributed by atoms with E-state index >= 15 is 0 Å². The summed E-state index contributed by atoms with van der Waals surface area (Å²) in [4.78, 5) is 43.8. The fourth-order valence-corrected chi connectivity index (χ4v) is 3.89. The van der Waals surface area contributed by atoms with Crippen molar-refractivity contribution in [3.63, 3.8) is 0 Å². The normalized spacial score (nSPS) is 11.0. The molecule has 4 rings (SSSR count). The third-order valence-corrected chi connectivity index (χ3v) is 5.46. The van der Waals surface area contributed by atoms with E-state index in [-0.39, 0.29) is 18.5 Å². The van der Waals surface area contributed by atoms with Crippen LogP contribution in [0.3, 0.4) is 0 Å². The number of nitrogens with one attached hydrogen (secondary N) is 3. The lowest BCUT2D eigenvalue weighted by Gasteiger charge is -2.11. The van der Waals surface area contributed by atoms with Crippen LogP contribution in [0.5, 0.6) is 11.5 Å². The average molecular weight is 433 g/mol. The van der Waals surface area contributed by atoms with Crippen LogP contribution in [0.15, 0.2) is 47.3 Å². The molecule has 8 nitrogen and oxygen atoms in total. The minimum absolute atomic E-state index is 0.132. The number of carbonyl (C=O) groups is 2. The van der Waals surface area contributed by atoms with Crippen LogP contribution in [-0.2, 0) is 11.2 Å². The van der Waals surface area contributed by atoms with Crippen molar-refractivity contribution in [1.29, 1.82) is 0 Å². The molecule has 164 valence electrons. The molecule has 0 aliphatic carbocycles. The Balaban J connectivity index is 1.52. The number of hydrogen-bond donors (Lipinski definition) is 3. The molecule has 2 heterocycles. The molecule has 4 aromatic rings. The maximum absolute atomic E-state index is 12.7. The fourth-order valence-electron chi connectivity index (χ4n) is 3.89. The van der Waals surface area contributed by atoms with Gasteiger partial charge in [-0.05, 0) is 37.6 Å². The van der Waals surface area contributed by atoms with Gasteiger partial charge in [0.2, 0.25) is 0 Å². The van der Waals surface area contributed by atoms with Gasteiger partial charge in [-0.1, -0.05) is 18.2 Å². The van der Waals surface area contributed by atoms with Crippen molar-refractivity contribution in [3.8, 4) is 11.5 Å². The second-order valence-electron chi connectivity index (χ2n) is 7.39. The number of methoxy groups -OCH3 is 2. The van der Waals surface area contributed by atoms with E-state index in [1.54, 1.807) is 38.3 Å². The standard InChI is InChI=1S/C24H23N3O5/c1-13-20(15-6-4-5-7-17(15)26-13)22(28)24(30)25-11-10-14-12-16-18(31-2)8-9-19(32-3)21(16)27-23(14)29/h4-9,12,26H,10-11H2,1-3H3,(H,25,30)(H,27,29). The number of fused-ring (bicyclic) bond motifs is 2. The zero-order valence-corrected chi connectivity index (χ0v) is 18.0. The summed E-state index contributed by atoms with van der Waals surface area (Å²) in [5, 5.41) is 4.03. The van der Waals surface area contributed by atoms with Crippen LogP contribution in [0.2, 0.25) is 0 Å². The molecule has 1 amide bonds. The molecule has 0 aliphatic heterocycles. The van der Waals surface area contributed by atoms with E-state index in [1.807, 2.05) is 18.2 Å². The highest BCUT2D eigenvalue weighted by Gasteiger charge is 2.22. The van der Waals surface area contributed by atoms with E-state index in [4.69, 9.17) is 9.47 Å². The van der Waals surface area contributed by atoms with Gasteiger partial charge in [-0.25, -0.2) is 0 Å². The molecule has 0 spiro atoms. The monoisotopic (exact) mass is 433 g/mol. The quantitative estimate of drug-likeness (QED) is 0.306. The SMILES string of the molecule is COc1ccc(OC)c2[nH]c(=O)c(CCNC(=O)C(=O)c3c(C)[nH]c4ccccc34)cc12. The van der Waals surface area contributed by atoms with Crippen LogP contribution in [0.1, 0.15) is 21.6 Å². The lowest BCUT2D eigenvalue weighted by atomic mass is 10.1.